The second-order valence-electron chi connectivity index (χ2n) is 12.4. The monoisotopic (exact) mass is 654 g/mol. The van der Waals surface area contributed by atoms with Crippen molar-refractivity contribution in [2.75, 3.05) is 6.54 Å². The number of nitrogens with zero attached hydrogens (tertiary/aromatic N) is 6. The lowest BCUT2D eigenvalue weighted by molar-refractivity contribution is -0.140. The van der Waals surface area contributed by atoms with Gasteiger partial charge in [-0.3, -0.25) is 14.5 Å². The molecule has 0 aliphatic heterocycles. The lowest BCUT2D eigenvalue weighted by Gasteiger charge is -2.46. The van der Waals surface area contributed by atoms with E-state index in [1.807, 2.05) is 12.1 Å². The predicted molar refractivity (Wildman–Crippen MR) is 159 cm³/mol. The van der Waals surface area contributed by atoms with Gasteiger partial charge in [0.25, 0.3) is 0 Å². The molecule has 3 aromatic heterocycles. The molecule has 2 atom stereocenters. The van der Waals surface area contributed by atoms with E-state index in [1.54, 1.807) is 35.3 Å². The standard InChI is InChI=1S/C32H30F4N6O3S/c1-40-18-27(17-38-40)46(44,45)41(19-32(34,35)36)26-8-5-23-12-29-22(16-39-42(29)25-9-6-24(33)7-10-25)13-31(23,14-26)30(43)28-11-4-21(15-37-28)20-2-3-20/h4,6-7,9-12,15-18,20,26H,2-3,5,8,13-14,19H2,1H3/t26-,31-/m0/s1. The molecule has 0 bridgehead atoms. The maximum atomic E-state index is 14.6. The van der Waals surface area contributed by atoms with Crippen LogP contribution in [0.15, 0.2) is 71.7 Å². The van der Waals surface area contributed by atoms with Crippen LogP contribution in [0.1, 0.15) is 65.3 Å². The van der Waals surface area contributed by atoms with Crippen LogP contribution in [0.4, 0.5) is 17.6 Å². The molecular formula is C32H30F4N6O3S. The Hall–Kier alpha value is -4.17. The Bertz CT molecular complexity index is 1950. The third kappa shape index (κ3) is 5.46. The number of fused-ring (bicyclic) bond motifs is 2. The summed E-state index contributed by atoms with van der Waals surface area (Å²) in [5.74, 6) is -0.375. The summed E-state index contributed by atoms with van der Waals surface area (Å²) in [7, 11) is -3.16. The lowest BCUT2D eigenvalue weighted by atomic mass is 9.60. The quantitative estimate of drug-likeness (QED) is 0.180. The molecule has 7 rings (SSSR count). The first-order valence-corrected chi connectivity index (χ1v) is 16.4. The highest BCUT2D eigenvalue weighted by Crippen LogP contribution is 2.52. The first-order valence-electron chi connectivity index (χ1n) is 15.0. The van der Waals surface area contributed by atoms with Crippen LogP contribution < -0.4 is 0 Å². The van der Waals surface area contributed by atoms with Gasteiger partial charge >= 0.3 is 6.18 Å². The maximum absolute atomic E-state index is 14.6. The van der Waals surface area contributed by atoms with E-state index < -0.39 is 40.0 Å². The first kappa shape index (κ1) is 30.5. The van der Waals surface area contributed by atoms with E-state index in [4.69, 9.17) is 0 Å². The molecule has 0 amide bonds. The molecule has 4 aromatic rings. The van der Waals surface area contributed by atoms with Gasteiger partial charge in [0.15, 0.2) is 5.78 Å². The van der Waals surface area contributed by atoms with E-state index in [0.29, 0.717) is 32.7 Å². The van der Waals surface area contributed by atoms with Crippen LogP contribution >= 0.6 is 0 Å². The predicted octanol–water partition coefficient (Wildman–Crippen LogP) is 5.63. The van der Waals surface area contributed by atoms with Crippen molar-refractivity contribution in [1.82, 2.24) is 28.9 Å². The molecule has 2 saturated carbocycles. The Kier molecular flexibility index (Phi) is 7.27. The van der Waals surface area contributed by atoms with E-state index in [0.717, 1.165) is 30.8 Å². The van der Waals surface area contributed by atoms with Crippen molar-refractivity contribution in [1.29, 1.82) is 0 Å². The fraction of sp³-hybridized carbons (Fsp3) is 0.375. The average Bonchev–Trinajstić information content (AvgIpc) is 3.66. The number of halogens is 4. The van der Waals surface area contributed by atoms with Crippen LogP contribution in [0.5, 0.6) is 0 Å². The highest BCUT2D eigenvalue weighted by atomic mass is 32.2. The molecule has 0 N–H and O–H groups in total. The summed E-state index contributed by atoms with van der Waals surface area (Å²) >= 11 is 0. The minimum Gasteiger partial charge on any atom is -0.291 e. The molecule has 0 radical (unpaired) electrons. The summed E-state index contributed by atoms with van der Waals surface area (Å²) < 4.78 is 86.5. The zero-order valence-corrected chi connectivity index (χ0v) is 25.6. The van der Waals surface area contributed by atoms with Crippen molar-refractivity contribution < 1.29 is 30.8 Å². The van der Waals surface area contributed by atoms with Gasteiger partial charge < -0.3 is 0 Å². The third-order valence-corrected chi connectivity index (χ3v) is 11.1. The summed E-state index contributed by atoms with van der Waals surface area (Å²) in [6.07, 6.45) is 4.68. The number of ketones is 1. The molecule has 2 fully saturated rings. The number of hydrogen-bond acceptors (Lipinski definition) is 6. The minimum atomic E-state index is -4.83. The topological polar surface area (TPSA) is 103 Å². The second-order valence-corrected chi connectivity index (χ2v) is 14.3. The van der Waals surface area contributed by atoms with Gasteiger partial charge in [0.05, 0.1) is 29.2 Å². The minimum absolute atomic E-state index is 0.0600. The molecule has 0 spiro atoms. The van der Waals surface area contributed by atoms with Crippen molar-refractivity contribution in [2.24, 2.45) is 12.5 Å². The molecule has 1 aromatic carbocycles. The van der Waals surface area contributed by atoms with Crippen molar-refractivity contribution >= 4 is 21.9 Å². The highest BCUT2D eigenvalue weighted by Gasteiger charge is 2.53. The van der Waals surface area contributed by atoms with Gasteiger partial charge in [-0.1, -0.05) is 11.6 Å². The molecule has 9 nitrogen and oxygen atoms in total. The number of carbonyl (C=O) groups excluding carboxylic acids is 1. The smallest absolute Gasteiger partial charge is 0.291 e. The van der Waals surface area contributed by atoms with E-state index in [1.165, 1.54) is 23.9 Å². The van der Waals surface area contributed by atoms with Crippen LogP contribution in [0.2, 0.25) is 0 Å². The number of aromatic nitrogens is 5. The number of benzene rings is 1. The van der Waals surface area contributed by atoms with Crippen LogP contribution in [0.25, 0.3) is 11.8 Å². The first-order chi connectivity index (χ1) is 21.8. The highest BCUT2D eigenvalue weighted by molar-refractivity contribution is 7.89. The van der Waals surface area contributed by atoms with Crippen molar-refractivity contribution in [2.45, 2.75) is 61.6 Å². The van der Waals surface area contributed by atoms with E-state index in [-0.39, 0.29) is 42.1 Å². The Morgan fingerprint density at radius 3 is 2.43 bits per heavy atom. The normalized spacial score (nSPS) is 21.5. The summed E-state index contributed by atoms with van der Waals surface area (Å²) in [6.45, 7) is -1.71. The maximum Gasteiger partial charge on any atom is 0.402 e. The SMILES string of the molecule is Cn1cc(S(=O)(=O)N(CC(F)(F)F)[C@H]2CCC3=Cc4c(cnn4-c4ccc(F)cc4)C[C@]3(C(=O)c3ccc(C4CC4)cn3)C2)cn1. The fourth-order valence-electron chi connectivity index (χ4n) is 6.81. The Labute approximate surface area is 262 Å². The largest absolute Gasteiger partial charge is 0.402 e. The third-order valence-electron chi connectivity index (χ3n) is 9.24. The van der Waals surface area contributed by atoms with E-state index in [9.17, 15) is 30.8 Å². The molecule has 0 saturated heterocycles. The van der Waals surface area contributed by atoms with Gasteiger partial charge in [-0.05, 0) is 92.0 Å². The van der Waals surface area contributed by atoms with Crippen molar-refractivity contribution in [3.63, 3.8) is 0 Å². The van der Waals surface area contributed by atoms with Gasteiger partial charge in [-0.25, -0.2) is 17.5 Å². The molecule has 3 aliphatic carbocycles. The molecule has 3 heterocycles. The molecule has 14 heteroatoms. The Balaban J connectivity index is 1.32. The van der Waals surface area contributed by atoms with Crippen LogP contribution in [-0.4, -0.2) is 61.8 Å². The van der Waals surface area contributed by atoms with E-state index >= 15 is 0 Å². The van der Waals surface area contributed by atoms with Gasteiger partial charge in [-0.2, -0.15) is 27.7 Å². The summed E-state index contributed by atoms with van der Waals surface area (Å²) in [5, 5.41) is 8.36. The number of rotatable bonds is 8. The Morgan fingerprint density at radius 2 is 1.80 bits per heavy atom. The van der Waals surface area contributed by atoms with Crippen molar-refractivity contribution in [3.8, 4) is 5.69 Å². The Morgan fingerprint density at radius 1 is 1.04 bits per heavy atom. The fourth-order valence-corrected chi connectivity index (χ4v) is 8.44. The number of aryl methyl sites for hydroxylation is 1. The average molecular weight is 655 g/mol. The zero-order chi connectivity index (χ0) is 32.4. The number of pyridine rings is 1. The van der Waals surface area contributed by atoms with Gasteiger partial charge in [0, 0.05) is 25.5 Å². The molecule has 3 aliphatic rings. The molecule has 0 unspecified atom stereocenters. The number of Topliss-reactive ketones (excluding diaryl/α,β-unsaturated/α-hetero) is 1. The van der Waals surface area contributed by atoms with Crippen LogP contribution in [0.3, 0.4) is 0 Å². The number of hydrogen-bond donors (Lipinski definition) is 0. The molecule has 240 valence electrons. The van der Waals surface area contributed by atoms with Gasteiger partial charge in [0.1, 0.15) is 23.0 Å². The summed E-state index contributed by atoms with van der Waals surface area (Å²) in [5.41, 5.74) is 2.44. The second kappa shape index (κ2) is 11.0. The molecular weight excluding hydrogens is 624 g/mol. The van der Waals surface area contributed by atoms with Crippen molar-refractivity contribution in [3.05, 3.63) is 95.1 Å². The zero-order valence-electron chi connectivity index (χ0n) is 24.8. The molecule has 46 heavy (non-hydrogen) atoms. The summed E-state index contributed by atoms with van der Waals surface area (Å²) in [4.78, 5) is 18.7. The van der Waals surface area contributed by atoms with Gasteiger partial charge in [-0.15, -0.1) is 0 Å². The summed E-state index contributed by atoms with van der Waals surface area (Å²) in [6, 6.07) is 8.15. The lowest BCUT2D eigenvalue weighted by Crippen LogP contribution is -2.52. The van der Waals surface area contributed by atoms with Crippen LogP contribution in [-0.2, 0) is 23.5 Å². The van der Waals surface area contributed by atoms with Gasteiger partial charge in [0.2, 0.25) is 10.0 Å². The number of sulfonamides is 1. The number of alkyl halides is 3. The van der Waals surface area contributed by atoms with Crippen LogP contribution in [0, 0.1) is 11.2 Å². The number of carbonyl (C=O) groups is 1. The number of allylic oxidation sites excluding steroid dienone is 1. The van der Waals surface area contributed by atoms with E-state index in [2.05, 4.69) is 15.2 Å².